The van der Waals surface area contributed by atoms with Gasteiger partial charge in [-0.3, -0.25) is 19.3 Å². The first-order chi connectivity index (χ1) is 19.5. The number of para-hydroxylation sites is 1. The van der Waals surface area contributed by atoms with Crippen LogP contribution in [-0.2, 0) is 30.5 Å². The van der Waals surface area contributed by atoms with Crippen LogP contribution in [0.2, 0.25) is 0 Å². The van der Waals surface area contributed by atoms with Crippen LogP contribution >= 0.6 is 0 Å². The van der Waals surface area contributed by atoms with E-state index in [0.29, 0.717) is 11.1 Å². The molecule has 4 N–H and O–H groups in total. The van der Waals surface area contributed by atoms with Crippen LogP contribution in [0.5, 0.6) is 0 Å². The second kappa shape index (κ2) is 13.9. The number of carboxylic acids is 2. The van der Waals surface area contributed by atoms with Crippen LogP contribution in [0.4, 0.5) is 10.6 Å². The van der Waals surface area contributed by atoms with Crippen molar-refractivity contribution >= 4 is 46.6 Å². The van der Waals surface area contributed by atoms with E-state index in [4.69, 9.17) is 4.74 Å². The van der Waals surface area contributed by atoms with E-state index < -0.39 is 60.3 Å². The van der Waals surface area contributed by atoms with Crippen molar-refractivity contribution in [2.45, 2.75) is 51.9 Å². The number of aromatic nitrogens is 1. The summed E-state index contributed by atoms with van der Waals surface area (Å²) in [6, 6.07) is 14.9. The van der Waals surface area contributed by atoms with Crippen molar-refractivity contribution in [1.29, 1.82) is 0 Å². The van der Waals surface area contributed by atoms with Crippen LogP contribution in [0.1, 0.15) is 32.8 Å². The zero-order valence-electron chi connectivity index (χ0n) is 22.8. The summed E-state index contributed by atoms with van der Waals surface area (Å²) in [7, 11) is 0. The molecule has 0 spiro atoms. The molecule has 3 amide bonds. The van der Waals surface area contributed by atoms with Gasteiger partial charge in [0.15, 0.2) is 0 Å². The van der Waals surface area contributed by atoms with Gasteiger partial charge in [0, 0.05) is 5.39 Å². The average Bonchev–Trinajstić information content (AvgIpc) is 2.93. The van der Waals surface area contributed by atoms with E-state index in [9.17, 15) is 34.2 Å². The Balaban J connectivity index is 1.80. The lowest BCUT2D eigenvalue weighted by atomic mass is 10.0. The van der Waals surface area contributed by atoms with Crippen molar-refractivity contribution in [1.82, 2.24) is 15.6 Å². The van der Waals surface area contributed by atoms with Crippen LogP contribution in [-0.4, -0.2) is 63.2 Å². The van der Waals surface area contributed by atoms with E-state index >= 15 is 0 Å². The molecular weight excluding hydrogens is 532 g/mol. The maximum Gasteiger partial charge on any atom is 0.408 e. The lowest BCUT2D eigenvalue weighted by Crippen LogP contribution is -2.57. The first-order valence-corrected chi connectivity index (χ1v) is 12.9. The lowest BCUT2D eigenvalue weighted by Gasteiger charge is -2.33. The minimum Gasteiger partial charge on any atom is -0.481 e. The zero-order valence-corrected chi connectivity index (χ0v) is 22.8. The van der Waals surface area contributed by atoms with Crippen molar-refractivity contribution < 1.29 is 38.9 Å². The number of hydrogen-bond donors (Lipinski definition) is 4. The molecule has 3 rings (SSSR count). The van der Waals surface area contributed by atoms with Crippen LogP contribution < -0.4 is 15.5 Å². The number of aliphatic carboxylic acids is 2. The van der Waals surface area contributed by atoms with Gasteiger partial charge in [0.05, 0.1) is 11.9 Å². The summed E-state index contributed by atoms with van der Waals surface area (Å²) in [5.41, 5.74) is 1.22. The number of amides is 3. The molecule has 0 radical (unpaired) electrons. The Morgan fingerprint density at radius 1 is 0.878 bits per heavy atom. The smallest absolute Gasteiger partial charge is 0.408 e. The SMILES string of the molecule is CC(C)[C@@H](C(=O)O)N(C(=O)[C@H](C)NC(=O)[C@H](CC(=O)O)NC(=O)OCc1ccccc1)c1ccc2ccccc2n1. The third kappa shape index (κ3) is 8.24. The van der Waals surface area contributed by atoms with Gasteiger partial charge in [-0.2, -0.15) is 0 Å². The number of carbonyl (C=O) groups is 5. The monoisotopic (exact) mass is 564 g/mol. The number of carboxylic acid groups (broad SMARTS) is 2. The van der Waals surface area contributed by atoms with Crippen molar-refractivity contribution in [3.05, 3.63) is 72.3 Å². The molecule has 216 valence electrons. The highest BCUT2D eigenvalue weighted by atomic mass is 16.5. The standard InChI is InChI=1S/C29H32N4O8/c1-17(2)25(28(38)39)33(23-14-13-20-11-7-8-12-21(20)31-23)27(37)18(3)30-26(36)22(15-24(34)35)32-29(40)41-16-19-9-5-4-6-10-19/h4-14,17-18,22,25H,15-16H2,1-3H3,(H,30,36)(H,32,40)(H,34,35)(H,38,39)/t18-,22-,25-/m0/s1. The van der Waals surface area contributed by atoms with Gasteiger partial charge >= 0.3 is 18.0 Å². The number of rotatable bonds is 12. The number of carbonyl (C=O) groups excluding carboxylic acids is 3. The van der Waals surface area contributed by atoms with Crippen LogP contribution in [0, 0.1) is 5.92 Å². The fourth-order valence-electron chi connectivity index (χ4n) is 4.15. The van der Waals surface area contributed by atoms with Gasteiger partial charge in [-0.05, 0) is 36.6 Å². The highest BCUT2D eigenvalue weighted by molar-refractivity contribution is 6.04. The average molecular weight is 565 g/mol. The first kappa shape index (κ1) is 30.5. The van der Waals surface area contributed by atoms with Crippen LogP contribution in [0.3, 0.4) is 0 Å². The molecular formula is C29H32N4O8. The van der Waals surface area contributed by atoms with E-state index in [1.54, 1.807) is 62.4 Å². The van der Waals surface area contributed by atoms with Gasteiger partial charge in [0.25, 0.3) is 5.91 Å². The van der Waals surface area contributed by atoms with Gasteiger partial charge in [-0.25, -0.2) is 14.6 Å². The molecule has 3 aromatic rings. The Morgan fingerprint density at radius 2 is 1.54 bits per heavy atom. The highest BCUT2D eigenvalue weighted by Gasteiger charge is 2.38. The van der Waals surface area contributed by atoms with E-state index in [1.165, 1.54) is 13.0 Å². The first-order valence-electron chi connectivity index (χ1n) is 12.9. The number of fused-ring (bicyclic) bond motifs is 1. The van der Waals surface area contributed by atoms with Gasteiger partial charge in [0.2, 0.25) is 5.91 Å². The second-order valence-electron chi connectivity index (χ2n) is 9.68. The summed E-state index contributed by atoms with van der Waals surface area (Å²) < 4.78 is 5.09. The Bertz CT molecular complexity index is 1410. The Hall–Kier alpha value is -5.00. The summed E-state index contributed by atoms with van der Waals surface area (Å²) in [5, 5.41) is 24.7. The molecule has 12 nitrogen and oxygen atoms in total. The number of nitrogens with zero attached hydrogens (tertiary/aromatic N) is 2. The number of hydrogen-bond acceptors (Lipinski definition) is 7. The molecule has 0 bridgehead atoms. The third-order valence-corrected chi connectivity index (χ3v) is 6.16. The topological polar surface area (TPSA) is 175 Å². The van der Waals surface area contributed by atoms with Crippen LogP contribution in [0.15, 0.2) is 66.7 Å². The summed E-state index contributed by atoms with van der Waals surface area (Å²) in [4.78, 5) is 68.2. The van der Waals surface area contributed by atoms with E-state index in [0.717, 1.165) is 10.3 Å². The quantitative estimate of drug-likeness (QED) is 0.258. The number of benzene rings is 2. The summed E-state index contributed by atoms with van der Waals surface area (Å²) in [6.45, 7) is 4.50. The normalized spacial score (nSPS) is 13.1. The van der Waals surface area contributed by atoms with E-state index in [2.05, 4.69) is 15.6 Å². The van der Waals surface area contributed by atoms with Crippen molar-refractivity contribution in [3.63, 3.8) is 0 Å². The summed E-state index contributed by atoms with van der Waals surface area (Å²) in [6.07, 6.45) is -1.81. The molecule has 0 aliphatic carbocycles. The molecule has 1 aromatic heterocycles. The van der Waals surface area contributed by atoms with Gasteiger partial charge in [-0.1, -0.05) is 62.4 Å². The van der Waals surface area contributed by atoms with Crippen molar-refractivity contribution in [2.24, 2.45) is 5.92 Å². The molecule has 0 fully saturated rings. The number of pyridine rings is 1. The number of ether oxygens (including phenoxy) is 1. The molecule has 1 heterocycles. The predicted octanol–water partition coefficient (Wildman–Crippen LogP) is 2.95. The van der Waals surface area contributed by atoms with Gasteiger partial charge in [0.1, 0.15) is 30.6 Å². The minimum atomic E-state index is -1.57. The molecule has 41 heavy (non-hydrogen) atoms. The molecule has 0 saturated heterocycles. The highest BCUT2D eigenvalue weighted by Crippen LogP contribution is 2.24. The Morgan fingerprint density at radius 3 is 2.17 bits per heavy atom. The second-order valence-corrected chi connectivity index (χ2v) is 9.68. The number of nitrogens with one attached hydrogen (secondary N) is 2. The number of alkyl carbamates (subject to hydrolysis) is 1. The minimum absolute atomic E-state index is 0.0700. The Kier molecular flexibility index (Phi) is 10.3. The summed E-state index contributed by atoms with van der Waals surface area (Å²) in [5.74, 6) is -4.86. The van der Waals surface area contributed by atoms with Crippen molar-refractivity contribution in [2.75, 3.05) is 4.90 Å². The fourth-order valence-corrected chi connectivity index (χ4v) is 4.15. The van der Waals surface area contributed by atoms with E-state index in [-0.39, 0.29) is 12.4 Å². The molecule has 0 saturated carbocycles. The van der Waals surface area contributed by atoms with Gasteiger partial charge < -0.3 is 25.6 Å². The Labute approximate surface area is 236 Å². The molecule has 0 unspecified atom stereocenters. The molecule has 0 aliphatic rings. The summed E-state index contributed by atoms with van der Waals surface area (Å²) >= 11 is 0. The molecule has 0 aliphatic heterocycles. The zero-order chi connectivity index (χ0) is 30.1. The third-order valence-electron chi connectivity index (χ3n) is 6.16. The molecule has 12 heteroatoms. The van der Waals surface area contributed by atoms with E-state index in [1.807, 2.05) is 12.1 Å². The van der Waals surface area contributed by atoms with Crippen molar-refractivity contribution in [3.8, 4) is 0 Å². The van der Waals surface area contributed by atoms with Crippen LogP contribution in [0.25, 0.3) is 10.9 Å². The number of anilines is 1. The predicted molar refractivity (Wildman–Crippen MR) is 149 cm³/mol. The fraction of sp³-hybridized carbons (Fsp3) is 0.310. The lowest BCUT2D eigenvalue weighted by molar-refractivity contribution is -0.142. The maximum absolute atomic E-state index is 13.7. The molecule has 3 atom stereocenters. The largest absolute Gasteiger partial charge is 0.481 e. The van der Waals surface area contributed by atoms with Gasteiger partial charge in [-0.15, -0.1) is 0 Å². The maximum atomic E-state index is 13.7. The molecule has 2 aromatic carbocycles.